The normalized spacial score (nSPS) is 22.7. The van der Waals surface area contributed by atoms with E-state index in [0.717, 1.165) is 25.7 Å². The summed E-state index contributed by atoms with van der Waals surface area (Å²) >= 11 is 0. The van der Waals surface area contributed by atoms with Crippen molar-refractivity contribution >= 4 is 11.9 Å². The third-order valence-corrected chi connectivity index (χ3v) is 4.10. The molecule has 1 rings (SSSR count). The van der Waals surface area contributed by atoms with Gasteiger partial charge >= 0.3 is 5.97 Å². The van der Waals surface area contributed by atoms with E-state index >= 15 is 0 Å². The van der Waals surface area contributed by atoms with Crippen LogP contribution in [0.3, 0.4) is 0 Å². The molecule has 1 saturated heterocycles. The summed E-state index contributed by atoms with van der Waals surface area (Å²) in [4.78, 5) is 25.6. The van der Waals surface area contributed by atoms with Gasteiger partial charge in [-0.05, 0) is 30.6 Å². The van der Waals surface area contributed by atoms with Gasteiger partial charge in [-0.3, -0.25) is 9.59 Å². The van der Waals surface area contributed by atoms with E-state index in [2.05, 4.69) is 6.92 Å². The molecule has 0 radical (unpaired) electrons. The van der Waals surface area contributed by atoms with Crippen molar-refractivity contribution in [3.05, 3.63) is 0 Å². The number of hydrogen-bond acceptors (Lipinski definition) is 2. The molecule has 110 valence electrons. The number of carboxylic acids is 1. The van der Waals surface area contributed by atoms with Crippen LogP contribution in [0.2, 0.25) is 0 Å². The predicted molar refractivity (Wildman–Crippen MR) is 74.8 cm³/mol. The van der Waals surface area contributed by atoms with E-state index in [1.807, 2.05) is 20.8 Å². The first-order valence-corrected chi connectivity index (χ1v) is 7.29. The summed E-state index contributed by atoms with van der Waals surface area (Å²) in [7, 11) is 0. The molecule has 1 fully saturated rings. The van der Waals surface area contributed by atoms with Gasteiger partial charge in [-0.2, -0.15) is 0 Å². The summed E-state index contributed by atoms with van der Waals surface area (Å²) in [5.41, 5.74) is -0.542. The van der Waals surface area contributed by atoms with Gasteiger partial charge in [-0.1, -0.05) is 34.1 Å². The van der Waals surface area contributed by atoms with E-state index in [-0.39, 0.29) is 5.91 Å². The molecular formula is C15H27NO3. The zero-order valence-electron chi connectivity index (χ0n) is 12.6. The highest BCUT2D eigenvalue weighted by atomic mass is 16.4. The molecule has 19 heavy (non-hydrogen) atoms. The Balaban J connectivity index is 2.77. The van der Waals surface area contributed by atoms with Crippen LogP contribution in [0.1, 0.15) is 53.4 Å². The molecule has 0 aliphatic carbocycles. The van der Waals surface area contributed by atoms with E-state index in [4.69, 9.17) is 0 Å². The average molecular weight is 269 g/mol. The molecule has 0 aromatic carbocycles. The quantitative estimate of drug-likeness (QED) is 0.801. The monoisotopic (exact) mass is 269 g/mol. The fraction of sp³-hybridized carbons (Fsp3) is 0.867. The summed E-state index contributed by atoms with van der Waals surface area (Å²) in [5.74, 6) is -1.48. The molecule has 2 atom stereocenters. The fourth-order valence-electron chi connectivity index (χ4n) is 2.82. The highest BCUT2D eigenvalue weighted by Crippen LogP contribution is 2.29. The SMILES string of the molecule is CCC1CCCN(C(=O)C(C(=O)O)C(C)(C)C)CC1. The van der Waals surface area contributed by atoms with Crippen LogP contribution in [-0.2, 0) is 9.59 Å². The second-order valence-corrected chi connectivity index (χ2v) is 6.67. The zero-order valence-corrected chi connectivity index (χ0v) is 12.6. The Hall–Kier alpha value is -1.06. The molecule has 1 amide bonds. The first-order chi connectivity index (χ1) is 8.77. The Labute approximate surface area is 116 Å². The van der Waals surface area contributed by atoms with E-state index in [1.165, 1.54) is 0 Å². The molecule has 4 heteroatoms. The molecule has 0 spiro atoms. The van der Waals surface area contributed by atoms with Gasteiger partial charge in [0.1, 0.15) is 5.92 Å². The Morgan fingerprint density at radius 1 is 1.26 bits per heavy atom. The van der Waals surface area contributed by atoms with E-state index in [9.17, 15) is 14.7 Å². The molecule has 0 aromatic heterocycles. The molecule has 1 N–H and O–H groups in total. The minimum atomic E-state index is -1.01. The summed E-state index contributed by atoms with van der Waals surface area (Å²) in [5, 5.41) is 9.33. The van der Waals surface area contributed by atoms with Crippen LogP contribution in [-0.4, -0.2) is 35.0 Å². The first kappa shape index (κ1) is 16.0. The maximum atomic E-state index is 12.5. The van der Waals surface area contributed by atoms with E-state index < -0.39 is 17.3 Å². The molecule has 1 aliphatic heterocycles. The van der Waals surface area contributed by atoms with E-state index in [0.29, 0.717) is 19.0 Å². The molecule has 0 aromatic rings. The summed E-state index contributed by atoms with van der Waals surface area (Å²) in [6.45, 7) is 9.03. The molecule has 1 heterocycles. The van der Waals surface area contributed by atoms with Crippen molar-refractivity contribution in [3.63, 3.8) is 0 Å². The zero-order chi connectivity index (χ0) is 14.6. The number of amides is 1. The van der Waals surface area contributed by atoms with Gasteiger partial charge in [0.15, 0.2) is 0 Å². The van der Waals surface area contributed by atoms with Crippen molar-refractivity contribution in [3.8, 4) is 0 Å². The largest absolute Gasteiger partial charge is 0.481 e. The summed E-state index contributed by atoms with van der Waals surface area (Å²) in [6, 6.07) is 0. The van der Waals surface area contributed by atoms with Crippen molar-refractivity contribution < 1.29 is 14.7 Å². The van der Waals surface area contributed by atoms with Crippen LogP contribution in [0.25, 0.3) is 0 Å². The molecule has 4 nitrogen and oxygen atoms in total. The second-order valence-electron chi connectivity index (χ2n) is 6.67. The second kappa shape index (κ2) is 6.40. The van der Waals surface area contributed by atoms with Gasteiger partial charge in [0.25, 0.3) is 0 Å². The fourth-order valence-corrected chi connectivity index (χ4v) is 2.82. The lowest BCUT2D eigenvalue weighted by atomic mass is 9.80. The predicted octanol–water partition coefficient (Wildman–Crippen LogP) is 2.77. The topological polar surface area (TPSA) is 57.6 Å². The molecular weight excluding hydrogens is 242 g/mol. The lowest BCUT2D eigenvalue weighted by molar-refractivity contribution is -0.156. The Bertz CT molecular complexity index is 333. The molecule has 1 aliphatic rings. The maximum Gasteiger partial charge on any atom is 0.316 e. The lowest BCUT2D eigenvalue weighted by Crippen LogP contribution is -2.45. The number of aliphatic carboxylic acids is 1. The first-order valence-electron chi connectivity index (χ1n) is 7.29. The number of nitrogens with zero attached hydrogens (tertiary/aromatic N) is 1. The van der Waals surface area contributed by atoms with Crippen LogP contribution in [0.5, 0.6) is 0 Å². The van der Waals surface area contributed by atoms with Crippen LogP contribution in [0.4, 0.5) is 0 Å². The van der Waals surface area contributed by atoms with Crippen LogP contribution < -0.4 is 0 Å². The number of carbonyl (C=O) groups excluding carboxylic acids is 1. The Morgan fingerprint density at radius 3 is 2.37 bits per heavy atom. The van der Waals surface area contributed by atoms with E-state index in [1.54, 1.807) is 4.90 Å². The third kappa shape index (κ3) is 4.22. The maximum absolute atomic E-state index is 12.5. The van der Waals surface area contributed by atoms with Gasteiger partial charge in [0.05, 0.1) is 0 Å². The number of carbonyl (C=O) groups is 2. The van der Waals surface area contributed by atoms with Crippen molar-refractivity contribution in [2.75, 3.05) is 13.1 Å². The van der Waals surface area contributed by atoms with Gasteiger partial charge in [0.2, 0.25) is 5.91 Å². The smallest absolute Gasteiger partial charge is 0.316 e. The van der Waals surface area contributed by atoms with Gasteiger partial charge in [0, 0.05) is 13.1 Å². The number of hydrogen-bond donors (Lipinski definition) is 1. The molecule has 2 unspecified atom stereocenters. The standard InChI is InChI=1S/C15H27NO3/c1-5-11-7-6-9-16(10-8-11)13(17)12(14(18)19)15(2,3)4/h11-12H,5-10H2,1-4H3,(H,18,19). The van der Waals surface area contributed by atoms with Crippen LogP contribution in [0.15, 0.2) is 0 Å². The van der Waals surface area contributed by atoms with Crippen LogP contribution >= 0.6 is 0 Å². The highest BCUT2D eigenvalue weighted by Gasteiger charge is 2.40. The molecule has 0 saturated carbocycles. The number of rotatable bonds is 3. The third-order valence-electron chi connectivity index (χ3n) is 4.10. The van der Waals surface area contributed by atoms with Crippen LogP contribution in [0, 0.1) is 17.3 Å². The van der Waals surface area contributed by atoms with Gasteiger partial charge < -0.3 is 10.0 Å². The number of likely N-dealkylation sites (tertiary alicyclic amines) is 1. The molecule has 0 bridgehead atoms. The summed E-state index contributed by atoms with van der Waals surface area (Å²) in [6.07, 6.45) is 4.27. The average Bonchev–Trinajstić information content (AvgIpc) is 2.51. The Kier molecular flexibility index (Phi) is 5.39. The lowest BCUT2D eigenvalue weighted by Gasteiger charge is -2.31. The van der Waals surface area contributed by atoms with Crippen molar-refractivity contribution in [1.29, 1.82) is 0 Å². The van der Waals surface area contributed by atoms with Crippen molar-refractivity contribution in [1.82, 2.24) is 4.90 Å². The van der Waals surface area contributed by atoms with Gasteiger partial charge in [-0.25, -0.2) is 0 Å². The number of carboxylic acid groups (broad SMARTS) is 1. The minimum Gasteiger partial charge on any atom is -0.481 e. The van der Waals surface area contributed by atoms with Crippen molar-refractivity contribution in [2.45, 2.75) is 53.4 Å². The summed E-state index contributed by atoms with van der Waals surface area (Å²) < 4.78 is 0. The van der Waals surface area contributed by atoms with Crippen molar-refractivity contribution in [2.24, 2.45) is 17.3 Å². The van der Waals surface area contributed by atoms with Gasteiger partial charge in [-0.15, -0.1) is 0 Å². The Morgan fingerprint density at radius 2 is 1.89 bits per heavy atom. The highest BCUT2D eigenvalue weighted by molar-refractivity contribution is 5.97. The minimum absolute atomic E-state index is 0.211.